The zero-order valence-electron chi connectivity index (χ0n) is 8.37. The van der Waals surface area contributed by atoms with E-state index in [9.17, 15) is 0 Å². The van der Waals surface area contributed by atoms with Gasteiger partial charge in [0.15, 0.2) is 0 Å². The molecule has 1 aliphatic rings. The van der Waals surface area contributed by atoms with Gasteiger partial charge in [0.25, 0.3) is 0 Å². The molecular weight excluding hydrogens is 174 g/mol. The topological polar surface area (TPSA) is 21.7 Å². The second kappa shape index (κ2) is 3.96. The minimum absolute atomic E-state index is 0.694. The van der Waals surface area contributed by atoms with Crippen LogP contribution in [-0.4, -0.2) is 37.4 Å². The van der Waals surface area contributed by atoms with E-state index in [1.165, 1.54) is 0 Å². The molecule has 1 saturated heterocycles. The maximum atomic E-state index is 5.51. The van der Waals surface area contributed by atoms with Crippen molar-refractivity contribution < 1.29 is 8.37 Å². The highest BCUT2D eigenvalue weighted by Crippen LogP contribution is 2.57. The van der Waals surface area contributed by atoms with Crippen molar-refractivity contribution >= 4 is 10.8 Å². The standard InChI is InChI=1S/C8H19NO2S/c1-5-9-6-8(2)7-12(9,10-3)11-4/h8H,5-7H2,1-4H3. The van der Waals surface area contributed by atoms with Crippen molar-refractivity contribution in [3.8, 4) is 0 Å². The molecule has 1 aliphatic heterocycles. The van der Waals surface area contributed by atoms with Gasteiger partial charge < -0.3 is 0 Å². The average molecular weight is 193 g/mol. The van der Waals surface area contributed by atoms with Gasteiger partial charge in [0.1, 0.15) is 0 Å². The van der Waals surface area contributed by atoms with Crippen LogP contribution in [-0.2, 0) is 8.37 Å². The Balaban J connectivity index is 2.71. The van der Waals surface area contributed by atoms with E-state index in [0.717, 1.165) is 18.8 Å². The zero-order chi connectivity index (χ0) is 9.19. The Hall–Kier alpha value is 0.230. The van der Waals surface area contributed by atoms with Gasteiger partial charge in [-0.2, -0.15) is 0 Å². The molecular formula is C8H19NO2S. The highest BCUT2D eigenvalue weighted by atomic mass is 32.3. The van der Waals surface area contributed by atoms with Gasteiger partial charge in [-0.1, -0.05) is 13.8 Å². The Morgan fingerprint density at radius 2 is 2.00 bits per heavy atom. The molecule has 4 heteroatoms. The summed E-state index contributed by atoms with van der Waals surface area (Å²) in [6.45, 7) is 6.52. The molecule has 0 spiro atoms. The van der Waals surface area contributed by atoms with Gasteiger partial charge in [0, 0.05) is 13.1 Å². The van der Waals surface area contributed by atoms with Gasteiger partial charge in [-0.15, -0.1) is 10.8 Å². The molecule has 1 heterocycles. The Morgan fingerprint density at radius 3 is 2.33 bits per heavy atom. The summed E-state index contributed by atoms with van der Waals surface area (Å²) >= 11 is 0. The summed E-state index contributed by atoms with van der Waals surface area (Å²) in [6, 6.07) is 0. The minimum atomic E-state index is -1.34. The Labute approximate surface area is 76.9 Å². The first-order valence-corrected chi connectivity index (χ1v) is 5.96. The minimum Gasteiger partial charge on any atom is -0.274 e. The van der Waals surface area contributed by atoms with Gasteiger partial charge >= 0.3 is 0 Å². The van der Waals surface area contributed by atoms with Crippen LogP contribution in [0.5, 0.6) is 0 Å². The van der Waals surface area contributed by atoms with E-state index >= 15 is 0 Å². The molecule has 0 amide bonds. The second-order valence-corrected chi connectivity index (χ2v) is 5.85. The molecule has 74 valence electrons. The molecule has 3 nitrogen and oxygen atoms in total. The van der Waals surface area contributed by atoms with Crippen molar-refractivity contribution in [2.75, 3.05) is 33.1 Å². The van der Waals surface area contributed by atoms with Gasteiger partial charge in [-0.05, 0) is 5.92 Å². The summed E-state index contributed by atoms with van der Waals surface area (Å²) < 4.78 is 13.3. The third-order valence-corrected chi connectivity index (χ3v) is 5.50. The molecule has 12 heavy (non-hydrogen) atoms. The van der Waals surface area contributed by atoms with E-state index < -0.39 is 10.8 Å². The van der Waals surface area contributed by atoms with Crippen LogP contribution in [0.2, 0.25) is 0 Å². The Kier molecular flexibility index (Phi) is 3.40. The van der Waals surface area contributed by atoms with E-state index in [-0.39, 0.29) is 0 Å². The maximum Gasteiger partial charge on any atom is 0.0620 e. The van der Waals surface area contributed by atoms with Crippen molar-refractivity contribution in [1.82, 2.24) is 4.31 Å². The van der Waals surface area contributed by atoms with Crippen LogP contribution in [0, 0.1) is 5.92 Å². The fourth-order valence-electron chi connectivity index (χ4n) is 1.72. The van der Waals surface area contributed by atoms with Gasteiger partial charge in [-0.3, -0.25) is 8.37 Å². The van der Waals surface area contributed by atoms with Crippen LogP contribution in [0.15, 0.2) is 0 Å². The molecule has 0 saturated carbocycles. The lowest BCUT2D eigenvalue weighted by atomic mass is 10.2. The second-order valence-electron chi connectivity index (χ2n) is 3.17. The zero-order valence-corrected chi connectivity index (χ0v) is 9.19. The SMILES string of the molecule is CCN1CC(C)CS1(OC)OC. The lowest BCUT2D eigenvalue weighted by Crippen LogP contribution is -2.25. The van der Waals surface area contributed by atoms with Crippen molar-refractivity contribution in [2.45, 2.75) is 13.8 Å². The van der Waals surface area contributed by atoms with Crippen molar-refractivity contribution in [1.29, 1.82) is 0 Å². The van der Waals surface area contributed by atoms with Crippen molar-refractivity contribution in [3.05, 3.63) is 0 Å². The number of rotatable bonds is 3. The van der Waals surface area contributed by atoms with Crippen LogP contribution in [0.3, 0.4) is 0 Å². The molecule has 0 aromatic rings. The third kappa shape index (κ3) is 1.62. The lowest BCUT2D eigenvalue weighted by molar-refractivity contribution is 0.297. The number of nitrogens with zero attached hydrogens (tertiary/aromatic N) is 1. The summed E-state index contributed by atoms with van der Waals surface area (Å²) in [5.74, 6) is 1.74. The predicted octanol–water partition coefficient (Wildman–Crippen LogP) is 1.80. The Bertz CT molecular complexity index is 150. The smallest absolute Gasteiger partial charge is 0.0620 e. The fraction of sp³-hybridized carbons (Fsp3) is 1.00. The maximum absolute atomic E-state index is 5.51. The van der Waals surface area contributed by atoms with E-state index in [1.807, 2.05) is 0 Å². The first-order valence-electron chi connectivity index (χ1n) is 4.35. The molecule has 0 aliphatic carbocycles. The fourth-order valence-corrected chi connectivity index (χ4v) is 4.46. The molecule has 1 fully saturated rings. The molecule has 0 N–H and O–H groups in total. The summed E-state index contributed by atoms with van der Waals surface area (Å²) in [5.41, 5.74) is 0. The molecule has 0 aromatic heterocycles. The Morgan fingerprint density at radius 1 is 1.42 bits per heavy atom. The predicted molar refractivity (Wildman–Crippen MR) is 52.9 cm³/mol. The van der Waals surface area contributed by atoms with Gasteiger partial charge in [0.05, 0.1) is 20.0 Å². The summed E-state index contributed by atoms with van der Waals surface area (Å²) in [6.07, 6.45) is 0. The quantitative estimate of drug-likeness (QED) is 0.682. The van der Waals surface area contributed by atoms with E-state index in [4.69, 9.17) is 8.37 Å². The van der Waals surface area contributed by atoms with E-state index in [1.54, 1.807) is 14.2 Å². The highest BCUT2D eigenvalue weighted by molar-refractivity contribution is 8.24. The van der Waals surface area contributed by atoms with Gasteiger partial charge in [-0.25, -0.2) is 4.31 Å². The monoisotopic (exact) mass is 193 g/mol. The molecule has 1 unspecified atom stereocenters. The van der Waals surface area contributed by atoms with Crippen LogP contribution < -0.4 is 0 Å². The van der Waals surface area contributed by atoms with Crippen LogP contribution in [0.1, 0.15) is 13.8 Å². The largest absolute Gasteiger partial charge is 0.274 e. The highest BCUT2D eigenvalue weighted by Gasteiger charge is 2.36. The molecule has 0 aromatic carbocycles. The van der Waals surface area contributed by atoms with Crippen LogP contribution >= 0.6 is 10.8 Å². The van der Waals surface area contributed by atoms with Crippen LogP contribution in [0.4, 0.5) is 0 Å². The summed E-state index contributed by atoms with van der Waals surface area (Å²) in [4.78, 5) is 0. The molecule has 0 bridgehead atoms. The van der Waals surface area contributed by atoms with E-state index in [2.05, 4.69) is 18.2 Å². The van der Waals surface area contributed by atoms with E-state index in [0.29, 0.717) is 5.92 Å². The number of hydrogen-bond acceptors (Lipinski definition) is 3. The molecule has 1 atom stereocenters. The van der Waals surface area contributed by atoms with Crippen molar-refractivity contribution in [2.24, 2.45) is 5.92 Å². The third-order valence-electron chi connectivity index (χ3n) is 2.28. The summed E-state index contributed by atoms with van der Waals surface area (Å²) in [5, 5.41) is 0. The van der Waals surface area contributed by atoms with Crippen molar-refractivity contribution in [3.63, 3.8) is 0 Å². The normalized spacial score (nSPS) is 32.2. The van der Waals surface area contributed by atoms with Crippen LogP contribution in [0.25, 0.3) is 0 Å². The average Bonchev–Trinajstić information content (AvgIpc) is 2.42. The first-order chi connectivity index (χ1) is 5.68. The van der Waals surface area contributed by atoms with Gasteiger partial charge in [0.2, 0.25) is 0 Å². The molecule has 1 rings (SSSR count). The first kappa shape index (κ1) is 10.3. The summed E-state index contributed by atoms with van der Waals surface area (Å²) in [7, 11) is 2.16. The number of hydrogen-bond donors (Lipinski definition) is 0. The lowest BCUT2D eigenvalue weighted by Gasteiger charge is -2.43. The molecule has 0 radical (unpaired) electrons.